The van der Waals surface area contributed by atoms with Crippen LogP contribution >= 0.6 is 0 Å². The van der Waals surface area contributed by atoms with Gasteiger partial charge in [-0.2, -0.15) is 5.10 Å². The van der Waals surface area contributed by atoms with Crippen LogP contribution in [0.5, 0.6) is 0 Å². The van der Waals surface area contributed by atoms with Crippen LogP contribution < -0.4 is 5.43 Å². The number of aromatic nitrogens is 4. The predicted molar refractivity (Wildman–Crippen MR) is 226 cm³/mol. The van der Waals surface area contributed by atoms with Crippen molar-refractivity contribution in [2.75, 3.05) is 5.43 Å². The van der Waals surface area contributed by atoms with Crippen LogP contribution in [0.1, 0.15) is 37.7 Å². The summed E-state index contributed by atoms with van der Waals surface area (Å²) in [6, 6.07) is 44.9. The molecule has 4 aromatic heterocycles. The average molecular weight is 714 g/mol. The van der Waals surface area contributed by atoms with E-state index in [4.69, 9.17) is 20.5 Å². The van der Waals surface area contributed by atoms with Crippen molar-refractivity contribution >= 4 is 28.3 Å². The Kier molecular flexibility index (Phi) is 9.58. The number of benzene rings is 3. The molecule has 3 aromatic carbocycles. The van der Waals surface area contributed by atoms with Gasteiger partial charge in [-0.1, -0.05) is 93.6 Å². The molecule has 0 aliphatic heterocycles. The summed E-state index contributed by atoms with van der Waals surface area (Å²) in [5, 5.41) is 13.8. The molecule has 0 unspecified atom stereocenters. The molecule has 0 atom stereocenters. The molecular formula is C48H39N7. The van der Waals surface area contributed by atoms with E-state index in [0.717, 1.165) is 61.7 Å². The van der Waals surface area contributed by atoms with Gasteiger partial charge in [0, 0.05) is 47.1 Å². The lowest BCUT2D eigenvalue weighted by Crippen LogP contribution is -2.19. The van der Waals surface area contributed by atoms with Crippen molar-refractivity contribution in [1.29, 1.82) is 5.41 Å². The Balaban J connectivity index is 1.10. The lowest BCUT2D eigenvalue weighted by atomic mass is 9.86. The first-order chi connectivity index (χ1) is 26.8. The summed E-state index contributed by atoms with van der Waals surface area (Å²) in [6.07, 6.45) is 11.1. The van der Waals surface area contributed by atoms with Gasteiger partial charge in [0.15, 0.2) is 0 Å². The van der Waals surface area contributed by atoms with E-state index < -0.39 is 0 Å². The zero-order valence-corrected chi connectivity index (χ0v) is 30.9. The van der Waals surface area contributed by atoms with E-state index in [1.165, 1.54) is 5.56 Å². The van der Waals surface area contributed by atoms with Gasteiger partial charge in [-0.05, 0) is 106 Å². The third-order valence-electron chi connectivity index (χ3n) is 9.58. The lowest BCUT2D eigenvalue weighted by Gasteiger charge is -2.19. The standard InChI is InChI=1S/C48H39N7/c1-48(2,3)39-18-14-33(15-19-39)35-23-25-51-46(29-35)37-17-21-44(53-31-37)41-26-38(27-42(49)47(41)55-54-40-12-8-5-9-13-40)43-20-16-36(30-52-43)45-28-34(22-24-50-45)32-10-6-4-7-11-32/h4-31,49,54H,1-3H3. The summed E-state index contributed by atoms with van der Waals surface area (Å²) in [4.78, 5) is 19.0. The summed E-state index contributed by atoms with van der Waals surface area (Å²) < 4.78 is 0. The second kappa shape index (κ2) is 15.1. The number of nitrogens with zero attached hydrogens (tertiary/aromatic N) is 5. The fourth-order valence-electron chi connectivity index (χ4n) is 6.48. The van der Waals surface area contributed by atoms with Gasteiger partial charge in [-0.3, -0.25) is 30.8 Å². The molecule has 0 fully saturated rings. The van der Waals surface area contributed by atoms with Crippen LogP contribution in [0, 0.1) is 5.41 Å². The van der Waals surface area contributed by atoms with Crippen LogP contribution in [0.25, 0.3) is 55.9 Å². The molecule has 0 spiro atoms. The van der Waals surface area contributed by atoms with Crippen LogP contribution in [0.2, 0.25) is 0 Å². The number of hydrogen-bond acceptors (Lipinski definition) is 7. The minimum Gasteiger partial charge on any atom is -0.299 e. The van der Waals surface area contributed by atoms with Gasteiger partial charge in [0.2, 0.25) is 0 Å². The molecule has 1 aliphatic rings. The van der Waals surface area contributed by atoms with E-state index in [0.29, 0.717) is 17.0 Å². The zero-order valence-electron chi connectivity index (χ0n) is 30.9. The molecule has 55 heavy (non-hydrogen) atoms. The van der Waals surface area contributed by atoms with E-state index in [-0.39, 0.29) is 11.1 Å². The van der Waals surface area contributed by atoms with Crippen molar-refractivity contribution in [2.45, 2.75) is 26.2 Å². The smallest absolute Gasteiger partial charge is 0.118 e. The van der Waals surface area contributed by atoms with Gasteiger partial charge in [0.1, 0.15) is 5.71 Å². The minimum absolute atomic E-state index is 0.0926. The molecule has 0 saturated carbocycles. The molecule has 0 radical (unpaired) electrons. The Hall–Kier alpha value is -7.12. The molecule has 266 valence electrons. The van der Waals surface area contributed by atoms with E-state index >= 15 is 0 Å². The van der Waals surface area contributed by atoms with Gasteiger partial charge in [0.05, 0.1) is 34.2 Å². The van der Waals surface area contributed by atoms with Crippen molar-refractivity contribution in [2.24, 2.45) is 5.10 Å². The minimum atomic E-state index is 0.0926. The van der Waals surface area contributed by atoms with Crippen LogP contribution in [0.3, 0.4) is 0 Å². The third-order valence-corrected chi connectivity index (χ3v) is 9.58. The van der Waals surface area contributed by atoms with Crippen LogP contribution in [0.4, 0.5) is 5.69 Å². The Morgan fingerprint density at radius 3 is 1.62 bits per heavy atom. The van der Waals surface area contributed by atoms with E-state index in [9.17, 15) is 0 Å². The Labute approximate surface area is 321 Å². The molecule has 0 saturated heterocycles. The number of nitrogens with one attached hydrogen (secondary N) is 2. The number of anilines is 1. The van der Waals surface area contributed by atoms with E-state index in [1.807, 2.05) is 116 Å². The van der Waals surface area contributed by atoms with Crippen LogP contribution in [-0.2, 0) is 5.41 Å². The van der Waals surface area contributed by atoms with Crippen molar-refractivity contribution in [3.8, 4) is 44.8 Å². The highest BCUT2D eigenvalue weighted by atomic mass is 15.3. The van der Waals surface area contributed by atoms with Crippen LogP contribution in [-0.4, -0.2) is 31.4 Å². The molecule has 1 aliphatic carbocycles. The highest BCUT2D eigenvalue weighted by Gasteiger charge is 2.22. The molecule has 8 rings (SSSR count). The highest BCUT2D eigenvalue weighted by molar-refractivity contribution is 6.62. The first kappa shape index (κ1) is 34.9. The summed E-state index contributed by atoms with van der Waals surface area (Å²) >= 11 is 0. The average Bonchev–Trinajstić information content (AvgIpc) is 3.24. The van der Waals surface area contributed by atoms with Gasteiger partial charge in [-0.25, -0.2) is 0 Å². The molecular weight excluding hydrogens is 675 g/mol. The van der Waals surface area contributed by atoms with Crippen molar-refractivity contribution in [1.82, 2.24) is 19.9 Å². The van der Waals surface area contributed by atoms with Crippen molar-refractivity contribution in [3.63, 3.8) is 0 Å². The van der Waals surface area contributed by atoms with Gasteiger partial charge in [-0.15, -0.1) is 0 Å². The maximum Gasteiger partial charge on any atom is 0.118 e. The topological polar surface area (TPSA) is 99.8 Å². The van der Waals surface area contributed by atoms with Gasteiger partial charge < -0.3 is 0 Å². The number of para-hydroxylation sites is 1. The Bertz CT molecular complexity index is 2560. The number of hydrogen-bond donors (Lipinski definition) is 2. The highest BCUT2D eigenvalue weighted by Crippen LogP contribution is 2.32. The molecule has 7 aromatic rings. The molecule has 7 nitrogen and oxygen atoms in total. The summed E-state index contributed by atoms with van der Waals surface area (Å²) in [6.45, 7) is 6.67. The normalized spacial score (nSPS) is 13.7. The second-order valence-electron chi connectivity index (χ2n) is 14.4. The monoisotopic (exact) mass is 713 g/mol. The predicted octanol–water partition coefficient (Wildman–Crippen LogP) is 11.2. The molecule has 4 heterocycles. The fourth-order valence-corrected chi connectivity index (χ4v) is 6.48. The first-order valence-corrected chi connectivity index (χ1v) is 18.2. The van der Waals surface area contributed by atoms with Gasteiger partial charge in [0.25, 0.3) is 0 Å². The van der Waals surface area contributed by atoms with Crippen molar-refractivity contribution < 1.29 is 0 Å². The number of hydrazone groups is 1. The SMILES string of the molecule is CC(C)(C)c1ccc(-c2ccnc(-c3ccc(C4=CC(c5ccc(-c6cc(-c7ccccc7)ccn6)cn5)=CC(=N)C4=NNc4ccccc4)nc3)c2)cc1. The van der Waals surface area contributed by atoms with Gasteiger partial charge >= 0.3 is 0 Å². The maximum absolute atomic E-state index is 9.12. The van der Waals surface area contributed by atoms with E-state index in [2.05, 4.69) is 84.7 Å². The van der Waals surface area contributed by atoms with Crippen LogP contribution in [0.15, 0.2) is 176 Å². The Morgan fingerprint density at radius 2 is 1.05 bits per heavy atom. The molecule has 0 amide bonds. The zero-order chi connectivity index (χ0) is 37.8. The molecule has 7 heteroatoms. The molecule has 2 N–H and O–H groups in total. The largest absolute Gasteiger partial charge is 0.299 e. The van der Waals surface area contributed by atoms with E-state index in [1.54, 1.807) is 6.08 Å². The summed E-state index contributed by atoms with van der Waals surface area (Å²) in [5.74, 6) is 0. The molecule has 0 bridgehead atoms. The summed E-state index contributed by atoms with van der Waals surface area (Å²) in [7, 11) is 0. The number of rotatable bonds is 8. The lowest BCUT2D eigenvalue weighted by molar-refractivity contribution is 0.590. The number of allylic oxidation sites excluding steroid dienone is 4. The number of pyridine rings is 4. The fraction of sp³-hybridized carbons (Fsp3) is 0.0833. The quantitative estimate of drug-likeness (QED) is 0.121. The van der Waals surface area contributed by atoms with Crippen molar-refractivity contribution in [3.05, 3.63) is 187 Å². The second-order valence-corrected chi connectivity index (χ2v) is 14.4. The summed E-state index contributed by atoms with van der Waals surface area (Å²) in [5.41, 5.74) is 16.9. The third kappa shape index (κ3) is 7.82. The first-order valence-electron chi connectivity index (χ1n) is 18.2. The maximum atomic E-state index is 9.12. The Morgan fingerprint density at radius 1 is 0.509 bits per heavy atom.